The summed E-state index contributed by atoms with van der Waals surface area (Å²) >= 11 is 0. The van der Waals surface area contributed by atoms with Crippen LogP contribution < -0.4 is 5.32 Å². The predicted octanol–water partition coefficient (Wildman–Crippen LogP) is 5.18. The number of aryl methyl sites for hydroxylation is 1. The summed E-state index contributed by atoms with van der Waals surface area (Å²) in [6.45, 7) is 11.6. The normalized spacial score (nSPS) is 15.9. The average molecular weight is 406 g/mol. The van der Waals surface area contributed by atoms with Crippen LogP contribution in [-0.2, 0) is 6.54 Å². The summed E-state index contributed by atoms with van der Waals surface area (Å²) in [6.07, 6.45) is 3.06. The molecular weight excluding hydrogens is 377 g/mol. The summed E-state index contributed by atoms with van der Waals surface area (Å²) in [5, 5.41) is 6.19. The highest BCUT2D eigenvalue weighted by molar-refractivity contribution is 6.08. The van der Waals surface area contributed by atoms with Crippen molar-refractivity contribution in [2.75, 3.05) is 26.2 Å². The van der Waals surface area contributed by atoms with Crippen LogP contribution in [0.5, 0.6) is 0 Å². The molecule has 1 aliphatic heterocycles. The molecule has 4 rings (SSSR count). The Morgan fingerprint density at radius 2 is 1.74 bits per heavy atom. The van der Waals surface area contributed by atoms with Gasteiger partial charge < -0.3 is 9.88 Å². The lowest BCUT2D eigenvalue weighted by atomic mass is 9.99. The minimum Gasteiger partial charge on any atom is -0.341 e. The average Bonchev–Trinajstić information content (AvgIpc) is 3.00. The highest BCUT2D eigenvalue weighted by atomic mass is 35.5. The van der Waals surface area contributed by atoms with Crippen molar-refractivity contribution in [1.82, 2.24) is 14.8 Å². The standard InChI is InChI=1S/C22H27N3.2ClH/c1-3-7-20(24-14-12-23-13-15-24)17-10-11-22-19(16-17)18-8-5-6-9-21(18)25(22)4-2;;/h3,5-6,8-11,16,20,23H,1,4,7,12-15H2,2H3;2*1H/t20-;;/m0../s1. The summed E-state index contributed by atoms with van der Waals surface area (Å²) in [5.41, 5.74) is 4.08. The van der Waals surface area contributed by atoms with Gasteiger partial charge in [0, 0.05) is 60.6 Å². The molecule has 1 atom stereocenters. The molecule has 5 heteroatoms. The first-order valence-corrected chi connectivity index (χ1v) is 9.40. The predicted molar refractivity (Wildman–Crippen MR) is 122 cm³/mol. The second-order valence-electron chi connectivity index (χ2n) is 6.86. The molecule has 2 aromatic carbocycles. The van der Waals surface area contributed by atoms with Gasteiger partial charge in [0.1, 0.15) is 0 Å². The van der Waals surface area contributed by atoms with Crippen molar-refractivity contribution in [2.24, 2.45) is 0 Å². The minimum atomic E-state index is 0. The van der Waals surface area contributed by atoms with Gasteiger partial charge in [-0.1, -0.05) is 30.3 Å². The highest BCUT2D eigenvalue weighted by Crippen LogP contribution is 2.33. The fourth-order valence-electron chi connectivity index (χ4n) is 4.27. The number of benzene rings is 2. The Morgan fingerprint density at radius 3 is 2.44 bits per heavy atom. The topological polar surface area (TPSA) is 20.2 Å². The first-order chi connectivity index (χ1) is 12.3. The third kappa shape index (κ3) is 4.02. The van der Waals surface area contributed by atoms with Gasteiger partial charge in [-0.05, 0) is 37.1 Å². The van der Waals surface area contributed by atoms with Crippen molar-refractivity contribution in [3.63, 3.8) is 0 Å². The zero-order valence-electron chi connectivity index (χ0n) is 15.9. The van der Waals surface area contributed by atoms with Crippen LogP contribution in [0.3, 0.4) is 0 Å². The van der Waals surface area contributed by atoms with E-state index in [4.69, 9.17) is 0 Å². The first-order valence-electron chi connectivity index (χ1n) is 9.40. The van der Waals surface area contributed by atoms with Gasteiger partial charge in [-0.15, -0.1) is 31.4 Å². The van der Waals surface area contributed by atoms with E-state index in [1.807, 2.05) is 0 Å². The lowest BCUT2D eigenvalue weighted by Gasteiger charge is -2.35. The van der Waals surface area contributed by atoms with Gasteiger partial charge in [0.15, 0.2) is 0 Å². The number of nitrogens with zero attached hydrogens (tertiary/aromatic N) is 2. The van der Waals surface area contributed by atoms with E-state index in [2.05, 4.69) is 76.8 Å². The van der Waals surface area contributed by atoms with Crippen molar-refractivity contribution in [3.8, 4) is 0 Å². The number of hydrogen-bond donors (Lipinski definition) is 1. The fraction of sp³-hybridized carbons (Fsp3) is 0.364. The van der Waals surface area contributed by atoms with Gasteiger partial charge in [0.05, 0.1) is 0 Å². The lowest BCUT2D eigenvalue weighted by molar-refractivity contribution is 0.174. The number of piperazine rings is 1. The number of para-hydroxylation sites is 1. The molecule has 0 radical (unpaired) electrons. The molecule has 1 aromatic heterocycles. The maximum atomic E-state index is 4.00. The van der Waals surface area contributed by atoms with Gasteiger partial charge in [-0.2, -0.15) is 0 Å². The Bertz CT molecular complexity index is 897. The Balaban J connectivity index is 0.00000131. The van der Waals surface area contributed by atoms with E-state index >= 15 is 0 Å². The lowest BCUT2D eigenvalue weighted by Crippen LogP contribution is -2.45. The molecule has 0 unspecified atom stereocenters. The van der Waals surface area contributed by atoms with Crippen molar-refractivity contribution in [3.05, 3.63) is 60.7 Å². The summed E-state index contributed by atoms with van der Waals surface area (Å²) in [6, 6.07) is 16.2. The molecule has 2 heterocycles. The van der Waals surface area contributed by atoms with Crippen LogP contribution in [-0.4, -0.2) is 35.6 Å². The van der Waals surface area contributed by atoms with E-state index in [0.29, 0.717) is 6.04 Å². The fourth-order valence-corrected chi connectivity index (χ4v) is 4.27. The van der Waals surface area contributed by atoms with Crippen LogP contribution in [0.25, 0.3) is 21.8 Å². The summed E-state index contributed by atoms with van der Waals surface area (Å²) in [4.78, 5) is 2.60. The van der Waals surface area contributed by atoms with Crippen LogP contribution in [0.1, 0.15) is 24.9 Å². The second kappa shape index (κ2) is 9.61. The molecule has 1 saturated heterocycles. The van der Waals surface area contributed by atoms with Crippen LogP contribution in [0.4, 0.5) is 0 Å². The van der Waals surface area contributed by atoms with Gasteiger partial charge in [0.25, 0.3) is 0 Å². The molecule has 1 N–H and O–H groups in total. The number of rotatable bonds is 5. The molecular formula is C22H29Cl2N3. The van der Waals surface area contributed by atoms with E-state index in [9.17, 15) is 0 Å². The monoisotopic (exact) mass is 405 g/mol. The Labute approximate surface area is 174 Å². The van der Waals surface area contributed by atoms with E-state index in [0.717, 1.165) is 39.1 Å². The van der Waals surface area contributed by atoms with E-state index in [1.165, 1.54) is 27.4 Å². The molecule has 27 heavy (non-hydrogen) atoms. The van der Waals surface area contributed by atoms with Crippen molar-refractivity contribution in [1.29, 1.82) is 0 Å². The molecule has 0 spiro atoms. The van der Waals surface area contributed by atoms with E-state index in [-0.39, 0.29) is 24.8 Å². The second-order valence-corrected chi connectivity index (χ2v) is 6.86. The Morgan fingerprint density at radius 1 is 1.04 bits per heavy atom. The Kier molecular flexibility index (Phi) is 7.75. The van der Waals surface area contributed by atoms with E-state index < -0.39 is 0 Å². The van der Waals surface area contributed by atoms with Gasteiger partial charge in [-0.25, -0.2) is 0 Å². The molecule has 1 aliphatic rings. The number of fused-ring (bicyclic) bond motifs is 3. The molecule has 1 fully saturated rings. The van der Waals surface area contributed by atoms with Crippen molar-refractivity contribution < 1.29 is 0 Å². The van der Waals surface area contributed by atoms with Crippen LogP contribution in [0.15, 0.2) is 55.1 Å². The number of nitrogens with one attached hydrogen (secondary N) is 1. The first kappa shape index (κ1) is 21.8. The molecule has 3 nitrogen and oxygen atoms in total. The van der Waals surface area contributed by atoms with Crippen molar-refractivity contribution >= 4 is 46.6 Å². The summed E-state index contributed by atoms with van der Waals surface area (Å²) in [5.74, 6) is 0. The summed E-state index contributed by atoms with van der Waals surface area (Å²) < 4.78 is 2.42. The molecule has 146 valence electrons. The molecule has 0 aliphatic carbocycles. The highest BCUT2D eigenvalue weighted by Gasteiger charge is 2.22. The van der Waals surface area contributed by atoms with Crippen molar-refractivity contribution in [2.45, 2.75) is 25.9 Å². The largest absolute Gasteiger partial charge is 0.341 e. The third-order valence-electron chi connectivity index (χ3n) is 5.48. The maximum Gasteiger partial charge on any atom is 0.0491 e. The zero-order chi connectivity index (χ0) is 17.2. The zero-order valence-corrected chi connectivity index (χ0v) is 17.5. The van der Waals surface area contributed by atoms with Crippen LogP contribution in [0, 0.1) is 0 Å². The van der Waals surface area contributed by atoms with Gasteiger partial charge in [0.2, 0.25) is 0 Å². The van der Waals surface area contributed by atoms with Gasteiger partial charge >= 0.3 is 0 Å². The number of aromatic nitrogens is 1. The minimum absolute atomic E-state index is 0. The summed E-state index contributed by atoms with van der Waals surface area (Å²) in [7, 11) is 0. The van der Waals surface area contributed by atoms with Crippen LogP contribution in [0.2, 0.25) is 0 Å². The molecule has 0 saturated carbocycles. The van der Waals surface area contributed by atoms with Gasteiger partial charge in [-0.3, -0.25) is 4.90 Å². The quantitative estimate of drug-likeness (QED) is 0.589. The Hall–Kier alpha value is -1.52. The smallest absolute Gasteiger partial charge is 0.0491 e. The molecule has 0 bridgehead atoms. The van der Waals surface area contributed by atoms with E-state index in [1.54, 1.807) is 0 Å². The number of halogens is 2. The maximum absolute atomic E-state index is 4.00. The number of hydrogen-bond acceptors (Lipinski definition) is 2. The SMILES string of the molecule is C=CC[C@@H](c1ccc2c(c1)c1ccccc1n2CC)N1CCNCC1.Cl.Cl. The molecule has 0 amide bonds. The van der Waals surface area contributed by atoms with Crippen LogP contribution >= 0.6 is 24.8 Å². The third-order valence-corrected chi connectivity index (χ3v) is 5.48. The molecule has 3 aromatic rings.